The van der Waals surface area contributed by atoms with Crippen LogP contribution in [0.15, 0.2) is 16.6 Å². The summed E-state index contributed by atoms with van der Waals surface area (Å²) in [7, 11) is 0. The molecule has 0 saturated carbocycles. The van der Waals surface area contributed by atoms with E-state index in [2.05, 4.69) is 21.9 Å². The Hall–Kier alpha value is -1.41. The van der Waals surface area contributed by atoms with Crippen molar-refractivity contribution < 1.29 is 13.6 Å². The van der Waals surface area contributed by atoms with Gasteiger partial charge >= 0.3 is 0 Å². The molecule has 1 heterocycles. The summed E-state index contributed by atoms with van der Waals surface area (Å²) in [5.74, 6) is 0.537. The first-order valence-electron chi connectivity index (χ1n) is 4.94. The van der Waals surface area contributed by atoms with Gasteiger partial charge in [-0.1, -0.05) is 0 Å². The maximum atomic E-state index is 13.6. The van der Waals surface area contributed by atoms with E-state index in [0.717, 1.165) is 6.07 Å². The second-order valence-electron chi connectivity index (χ2n) is 3.79. The molecule has 1 aromatic carbocycles. The molecule has 0 aliphatic carbocycles. The molecule has 0 radical (unpaired) electrons. The van der Waals surface area contributed by atoms with E-state index in [1.165, 1.54) is 11.0 Å². The van der Waals surface area contributed by atoms with Crippen molar-refractivity contribution in [1.29, 1.82) is 0 Å². The topological polar surface area (TPSA) is 20.3 Å². The van der Waals surface area contributed by atoms with Crippen LogP contribution in [-0.4, -0.2) is 12.5 Å². The average molecular weight is 300 g/mol. The van der Waals surface area contributed by atoms with Crippen molar-refractivity contribution in [3.63, 3.8) is 0 Å². The van der Waals surface area contributed by atoms with Crippen LogP contribution in [0.4, 0.5) is 14.5 Å². The molecule has 1 saturated heterocycles. The van der Waals surface area contributed by atoms with Gasteiger partial charge in [0.2, 0.25) is 5.91 Å². The minimum absolute atomic E-state index is 0.0565. The third-order valence-electron chi connectivity index (χ3n) is 2.64. The fourth-order valence-corrected chi connectivity index (χ4v) is 2.10. The molecule has 2 rings (SSSR count). The number of nitrogens with zero attached hydrogens (tertiary/aromatic N) is 1. The van der Waals surface area contributed by atoms with Gasteiger partial charge in [0, 0.05) is 24.9 Å². The molecule has 0 bridgehead atoms. The number of benzene rings is 1. The Morgan fingerprint density at radius 2 is 2.12 bits per heavy atom. The van der Waals surface area contributed by atoms with Crippen LogP contribution in [0.2, 0.25) is 0 Å². The lowest BCUT2D eigenvalue weighted by Crippen LogP contribution is -2.25. The number of carbonyl (C=O) groups is 1. The highest BCUT2D eigenvalue weighted by Crippen LogP contribution is 2.31. The third kappa shape index (κ3) is 2.18. The number of halogens is 3. The van der Waals surface area contributed by atoms with Crippen LogP contribution in [0.5, 0.6) is 0 Å². The van der Waals surface area contributed by atoms with Crippen molar-refractivity contribution in [3.8, 4) is 12.3 Å². The molecule has 17 heavy (non-hydrogen) atoms. The van der Waals surface area contributed by atoms with Crippen LogP contribution in [0, 0.1) is 29.9 Å². The molecule has 88 valence electrons. The summed E-state index contributed by atoms with van der Waals surface area (Å²) in [4.78, 5) is 12.9. The largest absolute Gasteiger partial charge is 0.308 e. The Morgan fingerprint density at radius 3 is 2.71 bits per heavy atom. The summed E-state index contributed by atoms with van der Waals surface area (Å²) in [5, 5.41) is 0. The molecule has 2 nitrogen and oxygen atoms in total. The molecule has 0 spiro atoms. The van der Waals surface area contributed by atoms with E-state index >= 15 is 0 Å². The molecular formula is C12H8BrF2NO. The highest BCUT2D eigenvalue weighted by molar-refractivity contribution is 9.10. The number of anilines is 1. The lowest BCUT2D eigenvalue weighted by atomic mass is 10.1. The van der Waals surface area contributed by atoms with Gasteiger partial charge in [-0.2, -0.15) is 0 Å². The number of terminal acetylenes is 1. The van der Waals surface area contributed by atoms with Crippen molar-refractivity contribution in [2.75, 3.05) is 11.4 Å². The Kier molecular flexibility index (Phi) is 3.16. The van der Waals surface area contributed by atoms with Crippen molar-refractivity contribution >= 4 is 27.5 Å². The Labute approximate surface area is 106 Å². The van der Waals surface area contributed by atoms with Crippen molar-refractivity contribution in [1.82, 2.24) is 0 Å². The summed E-state index contributed by atoms with van der Waals surface area (Å²) in [6, 6.07) is 2.00. The zero-order valence-electron chi connectivity index (χ0n) is 8.71. The number of hydrogen-bond acceptors (Lipinski definition) is 1. The van der Waals surface area contributed by atoms with Crippen molar-refractivity contribution in [2.45, 2.75) is 6.42 Å². The van der Waals surface area contributed by atoms with Crippen LogP contribution in [0.1, 0.15) is 6.42 Å². The summed E-state index contributed by atoms with van der Waals surface area (Å²) in [6.45, 7) is 0.268. The summed E-state index contributed by atoms with van der Waals surface area (Å²) >= 11 is 2.96. The fraction of sp³-hybridized carbons (Fsp3) is 0.250. The Balaban J connectivity index is 2.39. The molecule has 1 amide bonds. The lowest BCUT2D eigenvalue weighted by molar-refractivity contribution is -0.117. The lowest BCUT2D eigenvalue weighted by Gasteiger charge is -2.17. The second-order valence-corrected chi connectivity index (χ2v) is 4.64. The molecule has 1 atom stereocenters. The number of carbonyl (C=O) groups excluding carboxylic acids is 1. The van der Waals surface area contributed by atoms with Crippen LogP contribution in [0.3, 0.4) is 0 Å². The highest BCUT2D eigenvalue weighted by Gasteiger charge is 2.31. The number of hydrogen-bond donors (Lipinski definition) is 0. The first-order chi connectivity index (χ1) is 8.02. The van der Waals surface area contributed by atoms with E-state index in [1.807, 2.05) is 0 Å². The van der Waals surface area contributed by atoms with Gasteiger partial charge in [-0.25, -0.2) is 8.78 Å². The maximum Gasteiger partial charge on any atom is 0.228 e. The average Bonchev–Trinajstić information content (AvgIpc) is 2.65. The molecule has 1 aliphatic heterocycles. The van der Waals surface area contributed by atoms with Gasteiger partial charge in [-0.3, -0.25) is 4.79 Å². The summed E-state index contributed by atoms with van der Waals surface area (Å²) in [6.07, 6.45) is 5.44. The van der Waals surface area contributed by atoms with Crippen LogP contribution >= 0.6 is 15.9 Å². The molecule has 0 aromatic heterocycles. The van der Waals surface area contributed by atoms with E-state index in [1.54, 1.807) is 0 Å². The number of rotatable bonds is 1. The van der Waals surface area contributed by atoms with E-state index in [-0.39, 0.29) is 35.0 Å². The van der Waals surface area contributed by atoms with Crippen LogP contribution in [-0.2, 0) is 4.79 Å². The molecule has 1 aliphatic rings. The Morgan fingerprint density at radius 1 is 1.41 bits per heavy atom. The third-order valence-corrected chi connectivity index (χ3v) is 3.25. The molecule has 1 fully saturated rings. The van der Waals surface area contributed by atoms with Gasteiger partial charge in [0.1, 0.15) is 11.6 Å². The minimum atomic E-state index is -0.767. The normalized spacial score (nSPS) is 19.5. The number of amides is 1. The fourth-order valence-electron chi connectivity index (χ4n) is 1.77. The summed E-state index contributed by atoms with van der Waals surface area (Å²) < 4.78 is 26.8. The van der Waals surface area contributed by atoms with E-state index in [4.69, 9.17) is 6.42 Å². The molecule has 5 heteroatoms. The smallest absolute Gasteiger partial charge is 0.228 e. The monoisotopic (exact) mass is 299 g/mol. The van der Waals surface area contributed by atoms with Crippen LogP contribution < -0.4 is 4.90 Å². The van der Waals surface area contributed by atoms with Gasteiger partial charge in [0.15, 0.2) is 0 Å². The molecule has 1 aromatic rings. The predicted octanol–water partition coefficient (Wildman–Crippen LogP) is 2.71. The molecule has 1 unspecified atom stereocenters. The van der Waals surface area contributed by atoms with Gasteiger partial charge in [0.05, 0.1) is 10.2 Å². The van der Waals surface area contributed by atoms with Crippen molar-refractivity contribution in [3.05, 3.63) is 28.2 Å². The first kappa shape index (κ1) is 12.1. The van der Waals surface area contributed by atoms with Gasteiger partial charge < -0.3 is 4.90 Å². The van der Waals surface area contributed by atoms with Gasteiger partial charge in [-0.15, -0.1) is 12.3 Å². The minimum Gasteiger partial charge on any atom is -0.308 e. The van der Waals surface area contributed by atoms with E-state index in [9.17, 15) is 13.6 Å². The highest BCUT2D eigenvalue weighted by atomic mass is 79.9. The quantitative estimate of drug-likeness (QED) is 0.577. The first-order valence-corrected chi connectivity index (χ1v) is 5.73. The zero-order valence-corrected chi connectivity index (χ0v) is 10.3. The van der Waals surface area contributed by atoms with Crippen LogP contribution in [0.25, 0.3) is 0 Å². The Bertz CT molecular complexity index is 524. The summed E-state index contributed by atoms with van der Waals surface area (Å²) in [5.41, 5.74) is 0.0565. The zero-order chi connectivity index (χ0) is 12.6. The van der Waals surface area contributed by atoms with E-state index in [0.29, 0.717) is 0 Å². The molecule has 0 N–H and O–H groups in total. The molecular weight excluding hydrogens is 292 g/mol. The van der Waals surface area contributed by atoms with Crippen molar-refractivity contribution in [2.24, 2.45) is 5.92 Å². The SMILES string of the molecule is C#CC1CC(=O)N(c2cc(Br)c(F)cc2F)C1. The standard InChI is InChI=1S/C12H8BrF2NO/c1-2-7-3-12(17)16(6-7)11-4-8(13)9(14)5-10(11)15/h1,4-5,7H,3,6H2. The van der Waals surface area contributed by atoms with Gasteiger partial charge in [0.25, 0.3) is 0 Å². The maximum absolute atomic E-state index is 13.6. The predicted molar refractivity (Wildman–Crippen MR) is 63.4 cm³/mol. The van der Waals surface area contributed by atoms with Gasteiger partial charge in [-0.05, 0) is 22.0 Å². The van der Waals surface area contributed by atoms with E-state index < -0.39 is 11.6 Å². The second kappa shape index (κ2) is 4.46.